The fourth-order valence-electron chi connectivity index (χ4n) is 1.66. The van der Waals surface area contributed by atoms with Crippen molar-refractivity contribution in [3.05, 3.63) is 35.1 Å². The lowest BCUT2D eigenvalue weighted by Gasteiger charge is -2.23. The Morgan fingerprint density at radius 3 is 3.17 bits per heavy atom. The molecule has 0 radical (unpaired) electrons. The quantitative estimate of drug-likeness (QED) is 0.618. The normalized spacial score (nSPS) is 22.0. The van der Waals surface area contributed by atoms with E-state index in [1.807, 2.05) is 6.07 Å². The number of halogens is 1. The summed E-state index contributed by atoms with van der Waals surface area (Å²) in [6.45, 7) is 2.88. The molecule has 0 aliphatic carbocycles. The molecule has 0 unspecified atom stereocenters. The first-order valence-electron chi connectivity index (χ1n) is 4.27. The molecule has 0 saturated heterocycles. The van der Waals surface area contributed by atoms with Crippen molar-refractivity contribution in [3.63, 3.8) is 0 Å². The Balaban J connectivity index is 2.43. The van der Waals surface area contributed by atoms with Gasteiger partial charge in [0.2, 0.25) is 0 Å². The maximum atomic E-state index is 13.2. The molecule has 2 heteroatoms. The summed E-state index contributed by atoms with van der Waals surface area (Å²) < 4.78 is 13.2. The lowest BCUT2D eigenvalue weighted by Crippen LogP contribution is -2.33. The van der Waals surface area contributed by atoms with Crippen LogP contribution in [0.4, 0.5) is 4.39 Å². The molecule has 0 amide bonds. The van der Waals surface area contributed by atoms with Crippen molar-refractivity contribution in [3.8, 4) is 0 Å². The van der Waals surface area contributed by atoms with Crippen LogP contribution in [0, 0.1) is 5.82 Å². The molecule has 1 aliphatic heterocycles. The summed E-state index contributed by atoms with van der Waals surface area (Å²) in [7, 11) is 0. The van der Waals surface area contributed by atoms with Gasteiger partial charge in [0.15, 0.2) is 0 Å². The second-order valence-corrected chi connectivity index (χ2v) is 3.36. The van der Waals surface area contributed by atoms with E-state index in [1.54, 1.807) is 6.07 Å². The summed E-state index contributed by atoms with van der Waals surface area (Å²) in [5.74, 6) is -0.0548. The van der Waals surface area contributed by atoms with Gasteiger partial charge in [-0.25, -0.2) is 4.39 Å². The third kappa shape index (κ3) is 1.23. The Kier molecular flexibility index (Phi) is 1.85. The molecule has 1 heterocycles. The smallest absolute Gasteiger partial charge is 0.126 e. The Morgan fingerprint density at radius 2 is 2.33 bits per heavy atom. The van der Waals surface area contributed by atoms with Crippen LogP contribution < -0.4 is 5.32 Å². The van der Waals surface area contributed by atoms with E-state index in [1.165, 1.54) is 6.07 Å². The maximum absolute atomic E-state index is 13.2. The Morgan fingerprint density at radius 1 is 1.50 bits per heavy atom. The van der Waals surface area contributed by atoms with Crippen LogP contribution in [0.5, 0.6) is 0 Å². The SMILES string of the molecule is C[C@H]1Cc2c(F)cccc2CN1. The average Bonchev–Trinajstić information content (AvgIpc) is 2.07. The van der Waals surface area contributed by atoms with Crippen molar-refractivity contribution >= 4 is 0 Å². The van der Waals surface area contributed by atoms with E-state index in [0.717, 1.165) is 24.1 Å². The molecule has 1 N–H and O–H groups in total. The molecule has 0 aromatic heterocycles. The minimum Gasteiger partial charge on any atom is -0.310 e. The number of benzene rings is 1. The molecule has 1 aromatic carbocycles. The minimum absolute atomic E-state index is 0.0548. The number of nitrogens with one attached hydrogen (secondary N) is 1. The highest BCUT2D eigenvalue weighted by atomic mass is 19.1. The van der Waals surface area contributed by atoms with Gasteiger partial charge >= 0.3 is 0 Å². The average molecular weight is 165 g/mol. The van der Waals surface area contributed by atoms with E-state index in [9.17, 15) is 4.39 Å². The van der Waals surface area contributed by atoms with Crippen molar-refractivity contribution in [1.82, 2.24) is 5.32 Å². The van der Waals surface area contributed by atoms with Gasteiger partial charge in [0.1, 0.15) is 5.82 Å². The highest BCUT2D eigenvalue weighted by Gasteiger charge is 2.16. The minimum atomic E-state index is -0.0548. The predicted octanol–water partition coefficient (Wildman–Crippen LogP) is 1.86. The number of hydrogen-bond donors (Lipinski definition) is 1. The molecule has 1 atom stereocenters. The second kappa shape index (κ2) is 2.87. The van der Waals surface area contributed by atoms with Gasteiger partial charge in [0, 0.05) is 12.6 Å². The molecule has 0 saturated carbocycles. The Bertz CT molecular complexity index is 296. The van der Waals surface area contributed by atoms with Crippen LogP contribution in [0.3, 0.4) is 0 Å². The highest BCUT2D eigenvalue weighted by molar-refractivity contribution is 5.31. The van der Waals surface area contributed by atoms with Gasteiger partial charge < -0.3 is 5.32 Å². The van der Waals surface area contributed by atoms with Gasteiger partial charge in [-0.05, 0) is 30.5 Å². The summed E-state index contributed by atoms with van der Waals surface area (Å²) in [5, 5.41) is 3.30. The highest BCUT2D eigenvalue weighted by Crippen LogP contribution is 2.19. The van der Waals surface area contributed by atoms with E-state index in [2.05, 4.69) is 12.2 Å². The molecule has 1 nitrogen and oxygen atoms in total. The summed E-state index contributed by atoms with van der Waals surface area (Å²) in [4.78, 5) is 0. The van der Waals surface area contributed by atoms with Crippen LogP contribution in [-0.2, 0) is 13.0 Å². The number of hydrogen-bond acceptors (Lipinski definition) is 1. The summed E-state index contributed by atoms with van der Waals surface area (Å²) >= 11 is 0. The van der Waals surface area contributed by atoms with Crippen LogP contribution >= 0.6 is 0 Å². The van der Waals surface area contributed by atoms with Crippen molar-refractivity contribution in [2.24, 2.45) is 0 Å². The first kappa shape index (κ1) is 7.74. The number of fused-ring (bicyclic) bond motifs is 1. The lowest BCUT2D eigenvalue weighted by molar-refractivity contribution is 0.490. The summed E-state index contributed by atoms with van der Waals surface area (Å²) in [5.41, 5.74) is 2.00. The third-order valence-electron chi connectivity index (χ3n) is 2.37. The van der Waals surface area contributed by atoms with Gasteiger partial charge in [-0.3, -0.25) is 0 Å². The third-order valence-corrected chi connectivity index (χ3v) is 2.37. The second-order valence-electron chi connectivity index (χ2n) is 3.36. The van der Waals surface area contributed by atoms with Crippen LogP contribution in [0.15, 0.2) is 18.2 Å². The molecule has 2 rings (SSSR count). The first-order chi connectivity index (χ1) is 5.77. The summed E-state index contributed by atoms with van der Waals surface area (Å²) in [6.07, 6.45) is 0.808. The monoisotopic (exact) mass is 165 g/mol. The van der Waals surface area contributed by atoms with Crippen molar-refractivity contribution < 1.29 is 4.39 Å². The first-order valence-corrected chi connectivity index (χ1v) is 4.27. The molecule has 0 fully saturated rings. The van der Waals surface area contributed by atoms with Crippen molar-refractivity contribution in [1.29, 1.82) is 0 Å². The van der Waals surface area contributed by atoms with Crippen molar-refractivity contribution in [2.45, 2.75) is 25.9 Å². The van der Waals surface area contributed by atoms with E-state index in [-0.39, 0.29) is 5.82 Å². The van der Waals surface area contributed by atoms with Gasteiger partial charge in [-0.15, -0.1) is 0 Å². The molecular formula is C10H12FN. The van der Waals surface area contributed by atoms with E-state index < -0.39 is 0 Å². The molecule has 64 valence electrons. The van der Waals surface area contributed by atoms with Crippen LogP contribution in [0.1, 0.15) is 18.1 Å². The van der Waals surface area contributed by atoms with E-state index in [4.69, 9.17) is 0 Å². The molecule has 1 aliphatic rings. The molecule has 0 spiro atoms. The molecular weight excluding hydrogens is 153 g/mol. The fraction of sp³-hybridized carbons (Fsp3) is 0.400. The van der Waals surface area contributed by atoms with Gasteiger partial charge in [-0.2, -0.15) is 0 Å². The zero-order valence-corrected chi connectivity index (χ0v) is 7.10. The van der Waals surface area contributed by atoms with Gasteiger partial charge in [-0.1, -0.05) is 12.1 Å². The zero-order valence-electron chi connectivity index (χ0n) is 7.10. The largest absolute Gasteiger partial charge is 0.310 e. The van der Waals surface area contributed by atoms with Crippen molar-refractivity contribution in [2.75, 3.05) is 0 Å². The Hall–Kier alpha value is -0.890. The van der Waals surface area contributed by atoms with Crippen LogP contribution in [0.2, 0.25) is 0 Å². The van der Waals surface area contributed by atoms with Gasteiger partial charge in [0.25, 0.3) is 0 Å². The molecule has 1 aromatic rings. The molecule has 12 heavy (non-hydrogen) atoms. The van der Waals surface area contributed by atoms with Crippen LogP contribution in [-0.4, -0.2) is 6.04 Å². The standard InChI is InChI=1S/C10H12FN/c1-7-5-9-8(6-12-7)3-2-4-10(9)11/h2-4,7,12H,5-6H2,1H3/t7-/m0/s1. The lowest BCUT2D eigenvalue weighted by atomic mass is 9.96. The number of rotatable bonds is 0. The Labute approximate surface area is 71.6 Å². The fourth-order valence-corrected chi connectivity index (χ4v) is 1.66. The predicted molar refractivity (Wildman–Crippen MR) is 46.4 cm³/mol. The van der Waals surface area contributed by atoms with E-state index >= 15 is 0 Å². The topological polar surface area (TPSA) is 12.0 Å². The maximum Gasteiger partial charge on any atom is 0.126 e. The van der Waals surface area contributed by atoms with Gasteiger partial charge in [0.05, 0.1) is 0 Å². The zero-order chi connectivity index (χ0) is 8.55. The van der Waals surface area contributed by atoms with Crippen LogP contribution in [0.25, 0.3) is 0 Å². The van der Waals surface area contributed by atoms with E-state index in [0.29, 0.717) is 6.04 Å². The summed E-state index contributed by atoms with van der Waals surface area (Å²) in [6, 6.07) is 5.69. The molecule has 0 bridgehead atoms.